The third-order valence-electron chi connectivity index (χ3n) is 3.59. The van der Waals surface area contributed by atoms with Gasteiger partial charge < -0.3 is 14.8 Å². The van der Waals surface area contributed by atoms with Crippen molar-refractivity contribution in [3.05, 3.63) is 60.2 Å². The Hall–Kier alpha value is -2.47. The molecule has 6 heteroatoms. The molecule has 5 nitrogen and oxygen atoms in total. The van der Waals surface area contributed by atoms with Gasteiger partial charge in [0.15, 0.2) is 6.61 Å². The van der Waals surface area contributed by atoms with E-state index < -0.39 is 5.97 Å². The monoisotopic (exact) mass is 373 g/mol. The van der Waals surface area contributed by atoms with Gasteiger partial charge in [-0.15, -0.1) is 11.8 Å². The summed E-state index contributed by atoms with van der Waals surface area (Å²) in [4.78, 5) is 24.3. The van der Waals surface area contributed by atoms with Crippen LogP contribution < -0.4 is 10.1 Å². The van der Waals surface area contributed by atoms with Crippen molar-refractivity contribution < 1.29 is 19.1 Å². The van der Waals surface area contributed by atoms with Gasteiger partial charge >= 0.3 is 5.97 Å². The maximum Gasteiger partial charge on any atom is 0.316 e. The summed E-state index contributed by atoms with van der Waals surface area (Å²) >= 11 is 1.36. The van der Waals surface area contributed by atoms with Crippen LogP contribution in [0.15, 0.2) is 59.5 Å². The van der Waals surface area contributed by atoms with Crippen molar-refractivity contribution in [1.82, 2.24) is 5.32 Å². The largest absolute Gasteiger partial charge is 0.497 e. The number of esters is 1. The van der Waals surface area contributed by atoms with E-state index in [0.717, 1.165) is 23.5 Å². The van der Waals surface area contributed by atoms with Gasteiger partial charge in [0.1, 0.15) is 5.75 Å². The Kier molecular flexibility index (Phi) is 8.55. The van der Waals surface area contributed by atoms with E-state index in [0.29, 0.717) is 6.54 Å². The molecule has 0 spiro atoms. The van der Waals surface area contributed by atoms with Gasteiger partial charge in [-0.1, -0.05) is 30.3 Å². The number of nitrogens with one attached hydrogen (secondary N) is 1. The Balaban J connectivity index is 1.55. The van der Waals surface area contributed by atoms with E-state index in [1.165, 1.54) is 17.3 Å². The molecule has 0 aromatic heterocycles. The van der Waals surface area contributed by atoms with E-state index in [9.17, 15) is 9.59 Å². The van der Waals surface area contributed by atoms with Crippen LogP contribution in [0.4, 0.5) is 0 Å². The minimum absolute atomic E-state index is 0.160. The van der Waals surface area contributed by atoms with Crippen molar-refractivity contribution >= 4 is 23.6 Å². The zero-order valence-corrected chi connectivity index (χ0v) is 15.6. The van der Waals surface area contributed by atoms with E-state index in [2.05, 4.69) is 17.4 Å². The number of thioether (sulfide) groups is 1. The lowest BCUT2D eigenvalue weighted by Gasteiger charge is -2.07. The maximum atomic E-state index is 11.7. The van der Waals surface area contributed by atoms with Crippen molar-refractivity contribution in [2.45, 2.75) is 17.7 Å². The molecule has 2 aromatic rings. The molecule has 0 heterocycles. The maximum absolute atomic E-state index is 11.7. The Morgan fingerprint density at radius 3 is 2.46 bits per heavy atom. The number of aryl methyl sites for hydroxylation is 1. The molecule has 0 fully saturated rings. The Morgan fingerprint density at radius 1 is 1.04 bits per heavy atom. The number of hydrogen-bond acceptors (Lipinski definition) is 5. The number of carbonyl (C=O) groups excluding carboxylic acids is 2. The van der Waals surface area contributed by atoms with Gasteiger partial charge in [0, 0.05) is 11.4 Å². The predicted molar refractivity (Wildman–Crippen MR) is 102 cm³/mol. The van der Waals surface area contributed by atoms with Crippen LogP contribution in [0.5, 0.6) is 5.75 Å². The topological polar surface area (TPSA) is 64.6 Å². The van der Waals surface area contributed by atoms with Crippen LogP contribution in [0, 0.1) is 0 Å². The van der Waals surface area contributed by atoms with E-state index in [-0.39, 0.29) is 18.3 Å². The van der Waals surface area contributed by atoms with Crippen LogP contribution in [-0.4, -0.2) is 37.9 Å². The molecule has 0 radical (unpaired) electrons. The average molecular weight is 373 g/mol. The number of amides is 1. The van der Waals surface area contributed by atoms with Crippen molar-refractivity contribution in [2.75, 3.05) is 26.0 Å². The first-order valence-electron chi connectivity index (χ1n) is 8.40. The van der Waals surface area contributed by atoms with Gasteiger partial charge in [-0.2, -0.15) is 0 Å². The van der Waals surface area contributed by atoms with Crippen LogP contribution >= 0.6 is 11.8 Å². The standard InChI is InChI=1S/C20H23NO4S/c1-24-17-9-11-18(12-10-17)26-15-20(23)25-14-19(22)21-13-5-8-16-6-3-2-4-7-16/h2-4,6-7,9-12H,5,8,13-15H2,1H3,(H,21,22). The van der Waals surface area contributed by atoms with Crippen molar-refractivity contribution in [2.24, 2.45) is 0 Å². The molecule has 0 aliphatic carbocycles. The second-order valence-electron chi connectivity index (χ2n) is 5.56. The fourth-order valence-corrected chi connectivity index (χ4v) is 2.91. The van der Waals surface area contributed by atoms with Gasteiger partial charge in [0.05, 0.1) is 12.9 Å². The quantitative estimate of drug-likeness (QED) is 0.394. The molecular weight excluding hydrogens is 350 g/mol. The zero-order valence-electron chi connectivity index (χ0n) is 14.8. The molecule has 0 saturated carbocycles. The Labute approximate surface area is 158 Å². The normalized spacial score (nSPS) is 10.2. The van der Waals surface area contributed by atoms with Gasteiger partial charge in [-0.25, -0.2) is 0 Å². The van der Waals surface area contributed by atoms with Crippen LogP contribution in [0.3, 0.4) is 0 Å². The molecule has 0 aliphatic heterocycles. The highest BCUT2D eigenvalue weighted by Gasteiger charge is 2.08. The summed E-state index contributed by atoms with van der Waals surface area (Å²) < 4.78 is 10.1. The van der Waals surface area contributed by atoms with E-state index >= 15 is 0 Å². The van der Waals surface area contributed by atoms with Crippen LogP contribution in [0.1, 0.15) is 12.0 Å². The Bertz CT molecular complexity index is 689. The lowest BCUT2D eigenvalue weighted by atomic mass is 10.1. The summed E-state index contributed by atoms with van der Waals surface area (Å²) in [7, 11) is 1.60. The van der Waals surface area contributed by atoms with Crippen molar-refractivity contribution in [3.8, 4) is 5.75 Å². The van der Waals surface area contributed by atoms with Gasteiger partial charge in [-0.05, 0) is 42.7 Å². The third kappa shape index (κ3) is 7.61. The summed E-state index contributed by atoms with van der Waals surface area (Å²) in [5, 5.41) is 2.76. The lowest BCUT2D eigenvalue weighted by Crippen LogP contribution is -2.30. The molecule has 0 atom stereocenters. The minimum Gasteiger partial charge on any atom is -0.497 e. The summed E-state index contributed by atoms with van der Waals surface area (Å²) in [5.74, 6) is 0.236. The molecular formula is C20H23NO4S. The second kappa shape index (κ2) is 11.2. The summed E-state index contributed by atoms with van der Waals surface area (Å²) in [6, 6.07) is 17.5. The first-order chi connectivity index (χ1) is 12.7. The van der Waals surface area contributed by atoms with Crippen molar-refractivity contribution in [1.29, 1.82) is 0 Å². The highest BCUT2D eigenvalue weighted by molar-refractivity contribution is 8.00. The van der Waals surface area contributed by atoms with Gasteiger partial charge in [-0.3, -0.25) is 9.59 Å². The first-order valence-corrected chi connectivity index (χ1v) is 9.39. The average Bonchev–Trinajstić information content (AvgIpc) is 2.69. The zero-order chi connectivity index (χ0) is 18.6. The molecule has 1 amide bonds. The molecule has 138 valence electrons. The lowest BCUT2D eigenvalue weighted by molar-refractivity contribution is -0.145. The van der Waals surface area contributed by atoms with Gasteiger partial charge in [0.2, 0.25) is 0 Å². The minimum atomic E-state index is -0.412. The molecule has 2 rings (SSSR count). The van der Waals surface area contributed by atoms with Gasteiger partial charge in [0.25, 0.3) is 5.91 Å². The molecule has 0 bridgehead atoms. The number of benzene rings is 2. The van der Waals surface area contributed by atoms with E-state index in [4.69, 9.17) is 9.47 Å². The first kappa shape index (κ1) is 19.8. The highest BCUT2D eigenvalue weighted by atomic mass is 32.2. The predicted octanol–water partition coefficient (Wildman–Crippen LogP) is 3.08. The number of methoxy groups -OCH3 is 1. The van der Waals surface area contributed by atoms with E-state index in [1.807, 2.05) is 42.5 Å². The molecule has 0 unspecified atom stereocenters. The second-order valence-corrected chi connectivity index (χ2v) is 6.61. The molecule has 0 saturated heterocycles. The summed E-state index contributed by atoms with van der Waals surface area (Å²) in [6.45, 7) is 0.319. The number of hydrogen-bond donors (Lipinski definition) is 1. The fraction of sp³-hybridized carbons (Fsp3) is 0.300. The Morgan fingerprint density at radius 2 is 1.77 bits per heavy atom. The van der Waals surface area contributed by atoms with Crippen LogP contribution in [-0.2, 0) is 20.7 Å². The smallest absolute Gasteiger partial charge is 0.316 e. The number of ether oxygens (including phenoxy) is 2. The third-order valence-corrected chi connectivity index (χ3v) is 4.57. The van der Waals surface area contributed by atoms with Crippen molar-refractivity contribution in [3.63, 3.8) is 0 Å². The molecule has 26 heavy (non-hydrogen) atoms. The summed E-state index contributed by atoms with van der Waals surface area (Å²) in [6.07, 6.45) is 1.75. The molecule has 2 aromatic carbocycles. The molecule has 1 N–H and O–H groups in total. The van der Waals surface area contributed by atoms with Crippen LogP contribution in [0.25, 0.3) is 0 Å². The van der Waals surface area contributed by atoms with Crippen LogP contribution in [0.2, 0.25) is 0 Å². The number of rotatable bonds is 10. The number of carbonyl (C=O) groups is 2. The molecule has 0 aliphatic rings. The summed E-state index contributed by atoms with van der Waals surface area (Å²) in [5.41, 5.74) is 1.24. The fourth-order valence-electron chi connectivity index (χ4n) is 2.22. The van der Waals surface area contributed by atoms with E-state index in [1.54, 1.807) is 7.11 Å². The SMILES string of the molecule is COc1ccc(SCC(=O)OCC(=O)NCCCc2ccccc2)cc1. The highest BCUT2D eigenvalue weighted by Crippen LogP contribution is 2.21.